The van der Waals surface area contributed by atoms with Gasteiger partial charge in [-0.3, -0.25) is 0 Å². The normalized spacial score (nSPS) is 21.9. The van der Waals surface area contributed by atoms with Gasteiger partial charge < -0.3 is 19.9 Å². The lowest BCUT2D eigenvalue weighted by Gasteiger charge is -2.34. The van der Waals surface area contributed by atoms with Crippen LogP contribution in [0.25, 0.3) is 21.9 Å². The largest absolute Gasteiger partial charge is 0.504 e. The number of furan rings is 1. The van der Waals surface area contributed by atoms with Gasteiger partial charge in [0.1, 0.15) is 11.2 Å². The minimum absolute atomic E-state index is 0.0315. The quantitative estimate of drug-likeness (QED) is 0.416. The Balaban J connectivity index is 1.45. The molecule has 1 aliphatic carbocycles. The molecule has 4 heteroatoms. The van der Waals surface area contributed by atoms with Gasteiger partial charge in [0, 0.05) is 22.9 Å². The molecule has 3 aromatic carbocycles. The number of para-hydroxylation sites is 1. The molecule has 1 aliphatic heterocycles. The van der Waals surface area contributed by atoms with Crippen LogP contribution in [0.1, 0.15) is 41.6 Å². The van der Waals surface area contributed by atoms with E-state index in [0.717, 1.165) is 39.5 Å². The average molecular weight is 371 g/mol. The van der Waals surface area contributed by atoms with Crippen molar-refractivity contribution in [2.45, 2.75) is 31.3 Å². The van der Waals surface area contributed by atoms with Crippen LogP contribution >= 0.6 is 0 Å². The summed E-state index contributed by atoms with van der Waals surface area (Å²) in [5, 5.41) is 26.1. The molecule has 3 N–H and O–H groups in total. The predicted molar refractivity (Wildman–Crippen MR) is 109 cm³/mol. The Morgan fingerprint density at radius 3 is 2.50 bits per heavy atom. The number of phenols is 2. The van der Waals surface area contributed by atoms with Crippen LogP contribution < -0.4 is 5.32 Å². The molecule has 2 heterocycles. The van der Waals surface area contributed by atoms with Crippen molar-refractivity contribution in [3.8, 4) is 11.5 Å². The Labute approximate surface area is 162 Å². The molecule has 2 atom stereocenters. The first-order valence-electron chi connectivity index (χ1n) is 9.89. The van der Waals surface area contributed by atoms with Crippen molar-refractivity contribution in [3.63, 3.8) is 0 Å². The van der Waals surface area contributed by atoms with Crippen LogP contribution in [-0.4, -0.2) is 10.2 Å². The molecule has 4 aromatic rings. The van der Waals surface area contributed by atoms with Gasteiger partial charge in [-0.25, -0.2) is 0 Å². The molecular weight excluding hydrogens is 350 g/mol. The van der Waals surface area contributed by atoms with Crippen molar-refractivity contribution in [3.05, 3.63) is 71.3 Å². The maximum absolute atomic E-state index is 10.0. The third-order valence-electron chi connectivity index (χ3n) is 6.27. The molecule has 140 valence electrons. The summed E-state index contributed by atoms with van der Waals surface area (Å²) in [7, 11) is 0. The summed E-state index contributed by atoms with van der Waals surface area (Å²) in [6, 6.07) is 18.4. The highest BCUT2D eigenvalue weighted by Gasteiger charge is 2.38. The summed E-state index contributed by atoms with van der Waals surface area (Å²) in [4.78, 5) is 0. The van der Waals surface area contributed by atoms with Crippen molar-refractivity contribution in [1.29, 1.82) is 0 Å². The molecule has 1 fully saturated rings. The molecule has 1 aromatic heterocycles. The van der Waals surface area contributed by atoms with Gasteiger partial charge in [-0.15, -0.1) is 0 Å². The molecule has 28 heavy (non-hydrogen) atoms. The first-order chi connectivity index (χ1) is 13.7. The van der Waals surface area contributed by atoms with Crippen molar-refractivity contribution in [2.75, 3.05) is 0 Å². The summed E-state index contributed by atoms with van der Waals surface area (Å²) in [5.41, 5.74) is 5.29. The summed E-state index contributed by atoms with van der Waals surface area (Å²) in [5.74, 6) is 0.533. The topological polar surface area (TPSA) is 65.6 Å². The number of nitrogens with one attached hydrogen (secondary N) is 1. The Bertz CT molecular complexity index is 1220. The van der Waals surface area contributed by atoms with E-state index in [-0.39, 0.29) is 23.6 Å². The van der Waals surface area contributed by atoms with Crippen molar-refractivity contribution < 1.29 is 14.6 Å². The Morgan fingerprint density at radius 1 is 0.857 bits per heavy atom. The zero-order chi connectivity index (χ0) is 18.8. The first-order valence-corrected chi connectivity index (χ1v) is 9.89. The van der Waals surface area contributed by atoms with Crippen LogP contribution in [0.15, 0.2) is 59.0 Å². The Kier molecular flexibility index (Phi) is 3.29. The monoisotopic (exact) mass is 371 g/mol. The van der Waals surface area contributed by atoms with Crippen molar-refractivity contribution in [2.24, 2.45) is 5.92 Å². The number of aromatic hydroxyl groups is 2. The number of benzene rings is 3. The van der Waals surface area contributed by atoms with Gasteiger partial charge >= 0.3 is 0 Å². The third kappa shape index (κ3) is 2.41. The molecule has 0 bridgehead atoms. The van der Waals surface area contributed by atoms with Crippen molar-refractivity contribution >= 4 is 21.9 Å². The number of fused-ring (bicyclic) bond motifs is 4. The summed E-state index contributed by atoms with van der Waals surface area (Å²) < 4.78 is 5.97. The SMILES string of the molecule is Oc1cc2c(cc1O)C(C1CC1)NC(c1ccc3oc4ccccc4c3c1)C2. The fourth-order valence-corrected chi connectivity index (χ4v) is 4.68. The summed E-state index contributed by atoms with van der Waals surface area (Å²) in [6.07, 6.45) is 3.20. The van der Waals surface area contributed by atoms with Gasteiger partial charge in [0.2, 0.25) is 0 Å². The van der Waals surface area contributed by atoms with E-state index in [4.69, 9.17) is 4.42 Å². The summed E-state index contributed by atoms with van der Waals surface area (Å²) in [6.45, 7) is 0. The Hall–Kier alpha value is -2.98. The Morgan fingerprint density at radius 2 is 1.64 bits per heavy atom. The van der Waals surface area contributed by atoms with Crippen LogP contribution in [0.3, 0.4) is 0 Å². The zero-order valence-electron chi connectivity index (χ0n) is 15.4. The van der Waals surface area contributed by atoms with E-state index < -0.39 is 0 Å². The lowest BCUT2D eigenvalue weighted by Crippen LogP contribution is -2.34. The molecule has 0 spiro atoms. The molecule has 2 aliphatic rings. The van der Waals surface area contributed by atoms with Crippen molar-refractivity contribution in [1.82, 2.24) is 5.32 Å². The van der Waals surface area contributed by atoms with Gasteiger partial charge in [0.15, 0.2) is 11.5 Å². The minimum Gasteiger partial charge on any atom is -0.504 e. The van der Waals surface area contributed by atoms with Gasteiger partial charge in [0.05, 0.1) is 0 Å². The zero-order valence-corrected chi connectivity index (χ0v) is 15.4. The van der Waals surface area contributed by atoms with E-state index in [0.29, 0.717) is 5.92 Å². The van der Waals surface area contributed by atoms with Crippen LogP contribution in [-0.2, 0) is 6.42 Å². The highest BCUT2D eigenvalue weighted by Crippen LogP contribution is 2.48. The van der Waals surface area contributed by atoms with Gasteiger partial charge in [-0.05, 0) is 72.2 Å². The second kappa shape index (κ2) is 5.76. The van der Waals surface area contributed by atoms with Crippen LogP contribution in [0.2, 0.25) is 0 Å². The fraction of sp³-hybridized carbons (Fsp3) is 0.250. The molecule has 2 unspecified atom stereocenters. The van der Waals surface area contributed by atoms with E-state index in [1.165, 1.54) is 18.4 Å². The molecule has 1 saturated carbocycles. The second-order valence-corrected chi connectivity index (χ2v) is 8.13. The second-order valence-electron chi connectivity index (χ2n) is 8.13. The predicted octanol–water partition coefficient (Wildman–Crippen LogP) is 5.34. The van der Waals surface area contributed by atoms with E-state index in [1.807, 2.05) is 18.2 Å². The first kappa shape index (κ1) is 16.0. The van der Waals surface area contributed by atoms with E-state index in [9.17, 15) is 10.2 Å². The van der Waals surface area contributed by atoms with Crippen LogP contribution in [0, 0.1) is 5.92 Å². The highest BCUT2D eigenvalue weighted by molar-refractivity contribution is 6.05. The lowest BCUT2D eigenvalue weighted by molar-refractivity contribution is 0.367. The third-order valence-corrected chi connectivity index (χ3v) is 6.27. The fourth-order valence-electron chi connectivity index (χ4n) is 4.68. The van der Waals surface area contributed by atoms with E-state index >= 15 is 0 Å². The maximum Gasteiger partial charge on any atom is 0.157 e. The average Bonchev–Trinajstić information content (AvgIpc) is 3.48. The highest BCUT2D eigenvalue weighted by atomic mass is 16.3. The van der Waals surface area contributed by atoms with Gasteiger partial charge in [0.25, 0.3) is 0 Å². The molecule has 0 amide bonds. The van der Waals surface area contributed by atoms with E-state index in [2.05, 4.69) is 29.6 Å². The lowest BCUT2D eigenvalue weighted by atomic mass is 9.85. The molecule has 0 saturated heterocycles. The van der Waals surface area contributed by atoms with Gasteiger partial charge in [-0.2, -0.15) is 0 Å². The summed E-state index contributed by atoms with van der Waals surface area (Å²) >= 11 is 0. The minimum atomic E-state index is -0.0368. The number of hydrogen-bond acceptors (Lipinski definition) is 4. The molecule has 0 radical (unpaired) electrons. The van der Waals surface area contributed by atoms with E-state index in [1.54, 1.807) is 12.1 Å². The standard InChI is InChI=1S/C24H21NO3/c26-20-11-15-10-19(25-24(13-5-6-13)17(15)12-21(20)27)14-7-8-23-18(9-14)16-3-1-2-4-22(16)28-23/h1-4,7-9,11-13,19,24-27H,5-6,10H2. The molecule has 6 rings (SSSR count). The van der Waals surface area contributed by atoms with Crippen LogP contribution in [0.5, 0.6) is 11.5 Å². The van der Waals surface area contributed by atoms with Crippen LogP contribution in [0.4, 0.5) is 0 Å². The number of phenolic OH excluding ortho intramolecular Hbond substituents is 2. The smallest absolute Gasteiger partial charge is 0.157 e. The molecular formula is C24H21NO3. The molecule has 4 nitrogen and oxygen atoms in total. The number of hydrogen-bond donors (Lipinski definition) is 3. The number of rotatable bonds is 2. The maximum atomic E-state index is 10.0. The van der Waals surface area contributed by atoms with Gasteiger partial charge in [-0.1, -0.05) is 24.3 Å².